The van der Waals surface area contributed by atoms with E-state index < -0.39 is 6.23 Å². The van der Waals surface area contributed by atoms with Crippen molar-refractivity contribution in [3.05, 3.63) is 0 Å². The van der Waals surface area contributed by atoms with Gasteiger partial charge >= 0.3 is 0 Å². The van der Waals surface area contributed by atoms with Crippen LogP contribution in [-0.4, -0.2) is 43.9 Å². The SMILES string of the molecule is CNC(O)[C@H](CC1CCNC1)NC=O. The quantitative estimate of drug-likeness (QED) is 0.316. The molecule has 3 atom stereocenters. The molecule has 1 heterocycles. The molecule has 4 N–H and O–H groups in total. The molecule has 1 aliphatic heterocycles. The Balaban J connectivity index is 2.36. The fourth-order valence-electron chi connectivity index (χ4n) is 1.85. The molecule has 0 aromatic heterocycles. The van der Waals surface area contributed by atoms with Crippen molar-refractivity contribution in [3.63, 3.8) is 0 Å². The lowest BCUT2D eigenvalue weighted by atomic mass is 9.98. The maximum Gasteiger partial charge on any atom is 0.207 e. The van der Waals surface area contributed by atoms with Crippen molar-refractivity contribution < 1.29 is 9.90 Å². The standard InChI is InChI=1S/C9H19N3O2/c1-10-9(14)8(12-6-13)4-7-2-3-11-5-7/h6-11,14H,2-5H2,1H3,(H,12,13)/t7?,8-,9?/m0/s1. The average molecular weight is 201 g/mol. The van der Waals surface area contributed by atoms with Crippen LogP contribution < -0.4 is 16.0 Å². The van der Waals surface area contributed by atoms with Crippen molar-refractivity contribution in [1.29, 1.82) is 0 Å². The first-order chi connectivity index (χ1) is 6.77. The highest BCUT2D eigenvalue weighted by Crippen LogP contribution is 2.15. The summed E-state index contributed by atoms with van der Waals surface area (Å²) in [5.74, 6) is 0.551. The number of amides is 1. The zero-order valence-corrected chi connectivity index (χ0v) is 8.49. The highest BCUT2D eigenvalue weighted by Gasteiger charge is 2.23. The third kappa shape index (κ3) is 3.25. The average Bonchev–Trinajstić information content (AvgIpc) is 2.68. The van der Waals surface area contributed by atoms with Crippen LogP contribution in [0, 0.1) is 5.92 Å². The molecular weight excluding hydrogens is 182 g/mol. The highest BCUT2D eigenvalue weighted by molar-refractivity contribution is 5.46. The second-order valence-electron chi connectivity index (χ2n) is 3.72. The first kappa shape index (κ1) is 11.4. The van der Waals surface area contributed by atoms with E-state index in [1.807, 2.05) is 0 Å². The molecule has 1 rings (SSSR count). The Kier molecular flexibility index (Phi) is 4.86. The first-order valence-corrected chi connectivity index (χ1v) is 5.03. The fourth-order valence-corrected chi connectivity index (χ4v) is 1.85. The van der Waals surface area contributed by atoms with Gasteiger partial charge in [-0.3, -0.25) is 10.1 Å². The Labute approximate surface area is 84.3 Å². The number of hydrogen-bond donors (Lipinski definition) is 4. The maximum absolute atomic E-state index is 10.3. The van der Waals surface area contributed by atoms with Crippen molar-refractivity contribution in [2.45, 2.75) is 25.1 Å². The van der Waals surface area contributed by atoms with Gasteiger partial charge in [0.2, 0.25) is 6.41 Å². The Morgan fingerprint density at radius 1 is 1.71 bits per heavy atom. The molecule has 0 bridgehead atoms. The predicted octanol–water partition coefficient (Wildman–Crippen LogP) is -1.36. The van der Waals surface area contributed by atoms with E-state index in [-0.39, 0.29) is 6.04 Å². The van der Waals surface area contributed by atoms with Gasteiger partial charge in [-0.2, -0.15) is 0 Å². The van der Waals surface area contributed by atoms with Crippen LogP contribution in [0.15, 0.2) is 0 Å². The van der Waals surface area contributed by atoms with Crippen LogP contribution in [-0.2, 0) is 4.79 Å². The van der Waals surface area contributed by atoms with Crippen LogP contribution in [0.1, 0.15) is 12.8 Å². The molecule has 0 saturated carbocycles. The van der Waals surface area contributed by atoms with Gasteiger partial charge in [-0.05, 0) is 38.9 Å². The van der Waals surface area contributed by atoms with E-state index in [9.17, 15) is 9.90 Å². The Morgan fingerprint density at radius 3 is 3.00 bits per heavy atom. The molecule has 1 fully saturated rings. The number of carbonyl (C=O) groups is 1. The Hall–Kier alpha value is -0.650. The summed E-state index contributed by atoms with van der Waals surface area (Å²) in [7, 11) is 1.68. The summed E-state index contributed by atoms with van der Waals surface area (Å²) in [6.45, 7) is 2.02. The molecule has 0 aromatic carbocycles. The van der Waals surface area contributed by atoms with Gasteiger partial charge in [-0.15, -0.1) is 0 Å². The third-order valence-corrected chi connectivity index (χ3v) is 2.71. The topological polar surface area (TPSA) is 73.4 Å². The molecular formula is C9H19N3O2. The highest BCUT2D eigenvalue weighted by atomic mass is 16.3. The Bertz CT molecular complexity index is 171. The summed E-state index contributed by atoms with van der Waals surface area (Å²) >= 11 is 0. The van der Waals surface area contributed by atoms with E-state index in [4.69, 9.17) is 0 Å². The van der Waals surface area contributed by atoms with Crippen molar-refractivity contribution >= 4 is 6.41 Å². The summed E-state index contributed by atoms with van der Waals surface area (Å²) < 4.78 is 0. The van der Waals surface area contributed by atoms with E-state index in [1.165, 1.54) is 0 Å². The van der Waals surface area contributed by atoms with Gasteiger partial charge in [0.15, 0.2) is 0 Å². The number of carbonyl (C=O) groups excluding carboxylic acids is 1. The zero-order chi connectivity index (χ0) is 10.4. The molecule has 0 aliphatic carbocycles. The molecule has 0 radical (unpaired) electrons. The van der Waals surface area contributed by atoms with Gasteiger partial charge in [0.25, 0.3) is 0 Å². The number of aliphatic hydroxyl groups excluding tert-OH is 1. The van der Waals surface area contributed by atoms with Gasteiger partial charge in [0.1, 0.15) is 6.23 Å². The van der Waals surface area contributed by atoms with Crippen molar-refractivity contribution in [2.75, 3.05) is 20.1 Å². The maximum atomic E-state index is 10.3. The van der Waals surface area contributed by atoms with Gasteiger partial charge < -0.3 is 15.7 Å². The molecule has 5 nitrogen and oxygen atoms in total. The summed E-state index contributed by atoms with van der Waals surface area (Å²) in [5.41, 5.74) is 0. The lowest BCUT2D eigenvalue weighted by molar-refractivity contribution is -0.111. The van der Waals surface area contributed by atoms with Gasteiger partial charge in [0, 0.05) is 0 Å². The van der Waals surface area contributed by atoms with Crippen LogP contribution in [0.4, 0.5) is 0 Å². The molecule has 82 valence electrons. The lowest BCUT2D eigenvalue weighted by Gasteiger charge is -2.24. The Morgan fingerprint density at radius 2 is 2.50 bits per heavy atom. The van der Waals surface area contributed by atoms with E-state index in [2.05, 4.69) is 16.0 Å². The minimum absolute atomic E-state index is 0.192. The van der Waals surface area contributed by atoms with Crippen LogP contribution in [0.2, 0.25) is 0 Å². The van der Waals surface area contributed by atoms with Crippen molar-refractivity contribution in [3.8, 4) is 0 Å². The summed E-state index contributed by atoms with van der Waals surface area (Å²) in [4.78, 5) is 10.3. The van der Waals surface area contributed by atoms with Crippen LogP contribution in [0.25, 0.3) is 0 Å². The number of nitrogens with one attached hydrogen (secondary N) is 3. The smallest absolute Gasteiger partial charge is 0.207 e. The lowest BCUT2D eigenvalue weighted by Crippen LogP contribution is -2.47. The van der Waals surface area contributed by atoms with E-state index in [0.29, 0.717) is 12.3 Å². The number of rotatable bonds is 6. The second kappa shape index (κ2) is 5.95. The number of likely N-dealkylation sites (N-methyl/N-ethyl adjacent to an activating group) is 1. The van der Waals surface area contributed by atoms with E-state index >= 15 is 0 Å². The van der Waals surface area contributed by atoms with Crippen LogP contribution in [0.3, 0.4) is 0 Å². The number of hydrogen-bond acceptors (Lipinski definition) is 4. The van der Waals surface area contributed by atoms with Crippen molar-refractivity contribution in [1.82, 2.24) is 16.0 Å². The molecule has 1 saturated heterocycles. The van der Waals surface area contributed by atoms with E-state index in [1.54, 1.807) is 7.05 Å². The monoisotopic (exact) mass is 201 g/mol. The van der Waals surface area contributed by atoms with Crippen LogP contribution >= 0.6 is 0 Å². The molecule has 1 aliphatic rings. The van der Waals surface area contributed by atoms with Gasteiger partial charge in [0.05, 0.1) is 6.04 Å². The minimum atomic E-state index is -0.666. The number of aliphatic hydroxyl groups is 1. The van der Waals surface area contributed by atoms with Crippen LogP contribution in [0.5, 0.6) is 0 Å². The predicted molar refractivity (Wildman–Crippen MR) is 53.6 cm³/mol. The molecule has 0 spiro atoms. The van der Waals surface area contributed by atoms with E-state index in [0.717, 1.165) is 25.9 Å². The summed E-state index contributed by atoms with van der Waals surface area (Å²) in [5, 5.41) is 18.2. The zero-order valence-electron chi connectivity index (χ0n) is 8.49. The molecule has 5 heteroatoms. The molecule has 1 amide bonds. The summed E-state index contributed by atoms with van der Waals surface area (Å²) in [6.07, 6.45) is 1.91. The largest absolute Gasteiger partial charge is 0.376 e. The van der Waals surface area contributed by atoms with Crippen molar-refractivity contribution in [2.24, 2.45) is 5.92 Å². The normalized spacial score (nSPS) is 25.7. The first-order valence-electron chi connectivity index (χ1n) is 5.03. The molecule has 2 unspecified atom stereocenters. The van der Waals surface area contributed by atoms with Gasteiger partial charge in [-0.1, -0.05) is 0 Å². The minimum Gasteiger partial charge on any atom is -0.376 e. The molecule has 14 heavy (non-hydrogen) atoms. The van der Waals surface area contributed by atoms with Gasteiger partial charge in [-0.25, -0.2) is 0 Å². The second-order valence-corrected chi connectivity index (χ2v) is 3.72. The molecule has 0 aromatic rings. The summed E-state index contributed by atoms with van der Waals surface area (Å²) in [6, 6.07) is -0.192. The fraction of sp³-hybridized carbons (Fsp3) is 0.889. The third-order valence-electron chi connectivity index (χ3n) is 2.71.